The minimum Gasteiger partial charge on any atom is -0.486 e. The van der Waals surface area contributed by atoms with E-state index in [0.29, 0.717) is 30.3 Å². The van der Waals surface area contributed by atoms with E-state index >= 15 is 0 Å². The summed E-state index contributed by atoms with van der Waals surface area (Å²) in [5.41, 5.74) is 6.36. The van der Waals surface area contributed by atoms with Crippen molar-refractivity contribution in [2.24, 2.45) is 5.73 Å². The topological polar surface area (TPSA) is 44.5 Å². The van der Waals surface area contributed by atoms with Crippen LogP contribution in [-0.2, 0) is 0 Å². The summed E-state index contributed by atoms with van der Waals surface area (Å²) in [6.07, 6.45) is -5.26. The Hall–Kier alpha value is -1.43. The fourth-order valence-corrected chi connectivity index (χ4v) is 1.86. The number of fused-ring (bicyclic) bond motifs is 1. The Labute approximate surface area is 103 Å². The highest BCUT2D eigenvalue weighted by molar-refractivity contribution is 5.48. The first-order chi connectivity index (χ1) is 8.47. The van der Waals surface area contributed by atoms with Crippen molar-refractivity contribution in [3.05, 3.63) is 23.8 Å². The zero-order valence-electron chi connectivity index (χ0n) is 9.67. The van der Waals surface area contributed by atoms with Gasteiger partial charge in [-0.25, -0.2) is 0 Å². The molecule has 1 aliphatic heterocycles. The van der Waals surface area contributed by atoms with E-state index in [9.17, 15) is 13.2 Å². The second-order valence-corrected chi connectivity index (χ2v) is 4.13. The number of ether oxygens (including phenoxy) is 2. The summed E-state index contributed by atoms with van der Waals surface area (Å²) < 4.78 is 47.3. The van der Waals surface area contributed by atoms with Gasteiger partial charge in [0.2, 0.25) is 0 Å². The van der Waals surface area contributed by atoms with Crippen molar-refractivity contribution in [2.75, 3.05) is 13.2 Å². The van der Waals surface area contributed by atoms with Crippen LogP contribution in [0.5, 0.6) is 11.5 Å². The number of hydrogen-bond donors (Lipinski definition) is 1. The van der Waals surface area contributed by atoms with E-state index in [1.54, 1.807) is 18.2 Å². The molecule has 1 aliphatic rings. The number of benzene rings is 1. The Morgan fingerprint density at radius 3 is 2.67 bits per heavy atom. The molecule has 0 aromatic heterocycles. The maximum atomic E-state index is 12.2. The normalized spacial score (nSPS) is 16.4. The van der Waals surface area contributed by atoms with Gasteiger partial charge in [-0.05, 0) is 12.5 Å². The zero-order valence-corrected chi connectivity index (χ0v) is 9.67. The molecule has 1 atom stereocenters. The molecule has 100 valence electrons. The van der Waals surface area contributed by atoms with Crippen molar-refractivity contribution in [1.29, 1.82) is 0 Å². The quantitative estimate of drug-likeness (QED) is 0.909. The molecule has 2 N–H and O–H groups in total. The lowest BCUT2D eigenvalue weighted by atomic mass is 10.0. The highest BCUT2D eigenvalue weighted by Gasteiger charge is 2.29. The minimum atomic E-state index is -4.19. The minimum absolute atomic E-state index is 0.163. The molecular formula is C12H14F3NO2. The summed E-state index contributed by atoms with van der Waals surface area (Å²) in [6.45, 7) is 0.824. The molecule has 3 nitrogen and oxygen atoms in total. The molecule has 0 saturated heterocycles. The van der Waals surface area contributed by atoms with Crippen LogP contribution < -0.4 is 15.2 Å². The third kappa shape index (κ3) is 3.07. The van der Waals surface area contributed by atoms with E-state index < -0.39 is 18.6 Å². The maximum Gasteiger partial charge on any atom is 0.389 e. The van der Waals surface area contributed by atoms with Gasteiger partial charge < -0.3 is 15.2 Å². The monoisotopic (exact) mass is 261 g/mol. The Bertz CT molecular complexity index is 420. The third-order valence-corrected chi connectivity index (χ3v) is 2.73. The van der Waals surface area contributed by atoms with E-state index in [1.165, 1.54) is 0 Å². The van der Waals surface area contributed by atoms with E-state index in [1.807, 2.05) is 0 Å². The molecule has 18 heavy (non-hydrogen) atoms. The van der Waals surface area contributed by atoms with Crippen LogP contribution in [0.15, 0.2) is 18.2 Å². The van der Waals surface area contributed by atoms with Crippen LogP contribution in [0.1, 0.15) is 24.4 Å². The summed E-state index contributed by atoms with van der Waals surface area (Å²) in [5, 5.41) is 0. The summed E-state index contributed by atoms with van der Waals surface area (Å²) in [6, 6.07) is 4.39. The van der Waals surface area contributed by atoms with E-state index in [-0.39, 0.29) is 6.42 Å². The van der Waals surface area contributed by atoms with Crippen LogP contribution in [-0.4, -0.2) is 19.4 Å². The van der Waals surface area contributed by atoms with E-state index in [4.69, 9.17) is 15.2 Å². The van der Waals surface area contributed by atoms with Gasteiger partial charge in [-0.15, -0.1) is 0 Å². The van der Waals surface area contributed by atoms with Gasteiger partial charge in [0.05, 0.1) is 0 Å². The molecule has 1 aromatic carbocycles. The van der Waals surface area contributed by atoms with Gasteiger partial charge in [-0.2, -0.15) is 13.2 Å². The molecule has 0 radical (unpaired) electrons. The molecule has 0 unspecified atom stereocenters. The average Bonchev–Trinajstić information content (AvgIpc) is 2.34. The van der Waals surface area contributed by atoms with Gasteiger partial charge in [-0.3, -0.25) is 0 Å². The third-order valence-electron chi connectivity index (χ3n) is 2.73. The Morgan fingerprint density at radius 1 is 1.22 bits per heavy atom. The molecule has 0 bridgehead atoms. The summed E-state index contributed by atoms with van der Waals surface area (Å²) in [7, 11) is 0. The first-order valence-corrected chi connectivity index (χ1v) is 5.68. The summed E-state index contributed by atoms with van der Waals surface area (Å²) >= 11 is 0. The summed E-state index contributed by atoms with van der Waals surface area (Å²) in [4.78, 5) is 0. The molecule has 0 saturated carbocycles. The van der Waals surface area contributed by atoms with Crippen LogP contribution in [0, 0.1) is 0 Å². The number of halogens is 3. The number of hydrogen-bond acceptors (Lipinski definition) is 3. The lowest BCUT2D eigenvalue weighted by molar-refractivity contribution is -0.136. The van der Waals surface area contributed by atoms with E-state index in [2.05, 4.69) is 0 Å². The first kappa shape index (κ1) is 13.0. The highest BCUT2D eigenvalue weighted by atomic mass is 19.4. The number of alkyl halides is 3. The van der Waals surface area contributed by atoms with Crippen LogP contribution in [0.25, 0.3) is 0 Å². The lowest BCUT2D eigenvalue weighted by Gasteiger charge is -2.23. The molecule has 2 rings (SSSR count). The standard InChI is InChI=1S/C12H14F3NO2/c13-12(14,15)5-4-9(16)8-2-1-3-10-11(8)18-7-6-17-10/h1-3,9H,4-7,16H2/t9-/m1/s1. The van der Waals surface area contributed by atoms with Crippen LogP contribution in [0.2, 0.25) is 0 Å². The van der Waals surface area contributed by atoms with Crippen molar-refractivity contribution in [3.8, 4) is 11.5 Å². The molecular weight excluding hydrogens is 247 g/mol. The van der Waals surface area contributed by atoms with Gasteiger partial charge in [0.15, 0.2) is 11.5 Å². The maximum absolute atomic E-state index is 12.2. The van der Waals surface area contributed by atoms with Crippen LogP contribution in [0.3, 0.4) is 0 Å². The fourth-order valence-electron chi connectivity index (χ4n) is 1.86. The second-order valence-electron chi connectivity index (χ2n) is 4.13. The second kappa shape index (κ2) is 5.06. The number of rotatable bonds is 3. The number of nitrogens with two attached hydrogens (primary N) is 1. The molecule has 1 heterocycles. The summed E-state index contributed by atoms with van der Waals surface area (Å²) in [5.74, 6) is 1.01. The van der Waals surface area contributed by atoms with Gasteiger partial charge in [-0.1, -0.05) is 12.1 Å². The van der Waals surface area contributed by atoms with Crippen molar-refractivity contribution < 1.29 is 22.6 Å². The van der Waals surface area contributed by atoms with E-state index in [0.717, 1.165) is 0 Å². The van der Waals surface area contributed by atoms with Crippen molar-refractivity contribution in [2.45, 2.75) is 25.1 Å². The SMILES string of the molecule is N[C@H](CCC(F)(F)F)c1cccc2c1OCCO2. The Morgan fingerprint density at radius 2 is 1.94 bits per heavy atom. The van der Waals surface area contributed by atoms with Gasteiger partial charge in [0.1, 0.15) is 13.2 Å². The molecule has 0 amide bonds. The Balaban J connectivity index is 2.12. The predicted molar refractivity (Wildman–Crippen MR) is 59.6 cm³/mol. The van der Waals surface area contributed by atoms with Gasteiger partial charge in [0.25, 0.3) is 0 Å². The van der Waals surface area contributed by atoms with Gasteiger partial charge in [0, 0.05) is 18.0 Å². The molecule has 0 spiro atoms. The molecule has 0 fully saturated rings. The van der Waals surface area contributed by atoms with Crippen molar-refractivity contribution >= 4 is 0 Å². The number of para-hydroxylation sites is 1. The largest absolute Gasteiger partial charge is 0.486 e. The zero-order chi connectivity index (χ0) is 13.2. The molecule has 6 heteroatoms. The Kier molecular flexibility index (Phi) is 3.65. The fraction of sp³-hybridized carbons (Fsp3) is 0.500. The molecule has 1 aromatic rings. The highest BCUT2D eigenvalue weighted by Crippen LogP contribution is 2.38. The lowest BCUT2D eigenvalue weighted by Crippen LogP contribution is -2.20. The van der Waals surface area contributed by atoms with Crippen molar-refractivity contribution in [1.82, 2.24) is 0 Å². The smallest absolute Gasteiger partial charge is 0.389 e. The molecule has 0 aliphatic carbocycles. The first-order valence-electron chi connectivity index (χ1n) is 5.68. The van der Waals surface area contributed by atoms with Crippen LogP contribution >= 0.6 is 0 Å². The predicted octanol–water partition coefficient (Wildman–Crippen LogP) is 2.80. The van der Waals surface area contributed by atoms with Gasteiger partial charge >= 0.3 is 6.18 Å². The van der Waals surface area contributed by atoms with Crippen molar-refractivity contribution in [3.63, 3.8) is 0 Å². The van der Waals surface area contributed by atoms with Crippen LogP contribution in [0.4, 0.5) is 13.2 Å². The average molecular weight is 261 g/mol.